The van der Waals surface area contributed by atoms with Crippen molar-refractivity contribution in [2.75, 3.05) is 31.7 Å². The second kappa shape index (κ2) is 8.59. The predicted molar refractivity (Wildman–Crippen MR) is 114 cm³/mol. The quantitative estimate of drug-likeness (QED) is 0.294. The van der Waals surface area contributed by atoms with E-state index in [1.54, 1.807) is 25.3 Å². The molecule has 4 rings (SSSR count). The third kappa shape index (κ3) is 3.96. The van der Waals surface area contributed by atoms with Crippen LogP contribution in [0.15, 0.2) is 36.7 Å². The van der Waals surface area contributed by atoms with Crippen LogP contribution >= 0.6 is 11.9 Å². The Morgan fingerprint density at radius 1 is 1.29 bits per heavy atom. The number of ether oxygens (including phenoxy) is 1. The van der Waals surface area contributed by atoms with Crippen LogP contribution in [0.3, 0.4) is 0 Å². The fourth-order valence-electron chi connectivity index (χ4n) is 3.10. The highest BCUT2D eigenvalue weighted by molar-refractivity contribution is 7.97. The van der Waals surface area contributed by atoms with Crippen LogP contribution < -0.4 is 10.5 Å². The minimum atomic E-state index is 0.503. The topological polar surface area (TPSA) is 107 Å². The van der Waals surface area contributed by atoms with Crippen molar-refractivity contribution in [1.29, 1.82) is 0 Å². The van der Waals surface area contributed by atoms with Crippen LogP contribution in [0, 0.1) is 0 Å². The number of fused-ring (bicyclic) bond motifs is 3. The van der Waals surface area contributed by atoms with Crippen molar-refractivity contribution < 1.29 is 4.74 Å². The Morgan fingerprint density at radius 2 is 2.21 bits per heavy atom. The first kappa shape index (κ1) is 18.7. The standard InChI is InChI=1S/C19H23N7OS/c1-27-9-10-28-22-6-2-8-26-12-15-18(25-26)14-4-3-13(16-5-7-21-24-16)11-17(14)23-19(15)20/h3-5,7,11-12,22H,2,6,8-10H2,1H3,(H2,20,23)(H,21,24). The number of aryl methyl sites for hydroxylation is 1. The second-order valence-electron chi connectivity index (χ2n) is 6.44. The molecule has 0 aliphatic carbocycles. The van der Waals surface area contributed by atoms with Crippen molar-refractivity contribution in [1.82, 2.24) is 29.7 Å². The van der Waals surface area contributed by atoms with Gasteiger partial charge in [-0.3, -0.25) is 14.5 Å². The highest BCUT2D eigenvalue weighted by Gasteiger charge is 2.12. The summed E-state index contributed by atoms with van der Waals surface area (Å²) in [7, 11) is 1.71. The molecule has 0 amide bonds. The Labute approximate surface area is 167 Å². The van der Waals surface area contributed by atoms with Gasteiger partial charge in [0.2, 0.25) is 0 Å². The molecule has 0 unspecified atom stereocenters. The fraction of sp³-hybridized carbons (Fsp3) is 0.316. The predicted octanol–water partition coefficient (Wildman–Crippen LogP) is 2.83. The third-order valence-electron chi connectivity index (χ3n) is 4.50. The number of methoxy groups -OCH3 is 1. The summed E-state index contributed by atoms with van der Waals surface area (Å²) in [5.41, 5.74) is 9.91. The van der Waals surface area contributed by atoms with Crippen molar-refractivity contribution in [2.24, 2.45) is 0 Å². The number of nitrogens with one attached hydrogen (secondary N) is 2. The van der Waals surface area contributed by atoms with Gasteiger partial charge in [-0.05, 0) is 24.6 Å². The number of hydrogen-bond acceptors (Lipinski definition) is 7. The molecule has 1 aromatic carbocycles. The average molecular weight is 398 g/mol. The number of aromatic nitrogens is 5. The third-order valence-corrected chi connectivity index (χ3v) is 5.28. The molecule has 9 heteroatoms. The zero-order valence-electron chi connectivity index (χ0n) is 15.7. The number of anilines is 1. The van der Waals surface area contributed by atoms with Crippen LogP contribution in [0.25, 0.3) is 33.1 Å². The Kier molecular flexibility index (Phi) is 5.75. The van der Waals surface area contributed by atoms with E-state index >= 15 is 0 Å². The van der Waals surface area contributed by atoms with Gasteiger partial charge < -0.3 is 10.5 Å². The Balaban J connectivity index is 1.52. The number of rotatable bonds is 9. The molecular formula is C19H23N7OS. The van der Waals surface area contributed by atoms with E-state index in [-0.39, 0.29) is 0 Å². The first-order valence-corrected chi connectivity index (χ1v) is 10.1. The Bertz CT molecular complexity index is 1060. The van der Waals surface area contributed by atoms with Crippen molar-refractivity contribution in [3.63, 3.8) is 0 Å². The SMILES string of the molecule is COCCSNCCCn1cc2c(N)nc3cc(-c4ccn[nH]4)ccc3c2n1. The van der Waals surface area contributed by atoms with E-state index in [1.807, 2.05) is 35.1 Å². The van der Waals surface area contributed by atoms with Crippen molar-refractivity contribution in [3.8, 4) is 11.3 Å². The summed E-state index contributed by atoms with van der Waals surface area (Å²) in [5, 5.41) is 13.6. The maximum absolute atomic E-state index is 6.22. The maximum Gasteiger partial charge on any atom is 0.135 e. The van der Waals surface area contributed by atoms with Gasteiger partial charge in [0.1, 0.15) is 11.3 Å². The van der Waals surface area contributed by atoms with Crippen LogP contribution in [0.5, 0.6) is 0 Å². The lowest BCUT2D eigenvalue weighted by Gasteiger charge is -2.04. The highest BCUT2D eigenvalue weighted by atomic mass is 32.2. The van der Waals surface area contributed by atoms with E-state index in [0.29, 0.717) is 5.82 Å². The zero-order valence-corrected chi connectivity index (χ0v) is 16.5. The van der Waals surface area contributed by atoms with Crippen LogP contribution in [0.1, 0.15) is 6.42 Å². The molecule has 0 fully saturated rings. The molecule has 0 aliphatic rings. The molecule has 4 N–H and O–H groups in total. The van der Waals surface area contributed by atoms with E-state index in [9.17, 15) is 0 Å². The van der Waals surface area contributed by atoms with Crippen molar-refractivity contribution in [3.05, 3.63) is 36.7 Å². The van der Waals surface area contributed by atoms with Gasteiger partial charge in [0.15, 0.2) is 0 Å². The molecular weight excluding hydrogens is 374 g/mol. The van der Waals surface area contributed by atoms with Gasteiger partial charge in [0, 0.05) is 49.3 Å². The van der Waals surface area contributed by atoms with Gasteiger partial charge in [-0.15, -0.1) is 0 Å². The van der Waals surface area contributed by atoms with Crippen LogP contribution in [0.4, 0.5) is 5.82 Å². The average Bonchev–Trinajstić information content (AvgIpc) is 3.37. The first-order valence-electron chi connectivity index (χ1n) is 9.16. The summed E-state index contributed by atoms with van der Waals surface area (Å²) in [6.45, 7) is 2.48. The first-order chi connectivity index (χ1) is 13.8. The van der Waals surface area contributed by atoms with Gasteiger partial charge >= 0.3 is 0 Å². The number of nitrogen functional groups attached to an aromatic ring is 1. The van der Waals surface area contributed by atoms with E-state index in [4.69, 9.17) is 15.6 Å². The molecule has 0 saturated carbocycles. The van der Waals surface area contributed by atoms with Gasteiger partial charge in [-0.2, -0.15) is 10.2 Å². The molecule has 0 radical (unpaired) electrons. The van der Waals surface area contributed by atoms with Gasteiger partial charge in [-0.1, -0.05) is 18.0 Å². The largest absolute Gasteiger partial charge is 0.384 e. The van der Waals surface area contributed by atoms with Gasteiger partial charge in [0.25, 0.3) is 0 Å². The van der Waals surface area contributed by atoms with Crippen LogP contribution in [-0.4, -0.2) is 51.0 Å². The van der Waals surface area contributed by atoms with Crippen LogP contribution in [-0.2, 0) is 11.3 Å². The fourth-order valence-corrected chi connectivity index (χ4v) is 3.79. The number of pyridine rings is 1. The Hall–Kier alpha value is -2.62. The number of hydrogen-bond donors (Lipinski definition) is 3. The second-order valence-corrected chi connectivity index (χ2v) is 7.43. The minimum Gasteiger partial charge on any atom is -0.384 e. The summed E-state index contributed by atoms with van der Waals surface area (Å²) < 4.78 is 10.3. The monoisotopic (exact) mass is 397 g/mol. The summed E-state index contributed by atoms with van der Waals surface area (Å²) in [4.78, 5) is 4.59. The van der Waals surface area contributed by atoms with Gasteiger partial charge in [0.05, 0.1) is 23.2 Å². The number of nitrogens with zero attached hydrogens (tertiary/aromatic N) is 4. The molecule has 28 heavy (non-hydrogen) atoms. The lowest BCUT2D eigenvalue weighted by atomic mass is 10.1. The molecule has 0 saturated heterocycles. The smallest absolute Gasteiger partial charge is 0.135 e. The summed E-state index contributed by atoms with van der Waals surface area (Å²) in [6.07, 6.45) is 4.69. The van der Waals surface area contributed by atoms with Crippen molar-refractivity contribution >= 4 is 39.6 Å². The lowest BCUT2D eigenvalue weighted by molar-refractivity contribution is 0.218. The zero-order chi connectivity index (χ0) is 19.3. The van der Waals surface area contributed by atoms with Crippen molar-refractivity contribution in [2.45, 2.75) is 13.0 Å². The van der Waals surface area contributed by atoms with E-state index in [1.165, 1.54) is 0 Å². The normalized spacial score (nSPS) is 11.6. The molecule has 8 nitrogen and oxygen atoms in total. The number of aromatic amines is 1. The molecule has 3 heterocycles. The molecule has 146 valence electrons. The lowest BCUT2D eigenvalue weighted by Crippen LogP contribution is -2.11. The maximum atomic E-state index is 6.22. The molecule has 4 aromatic rings. The van der Waals surface area contributed by atoms with Crippen LogP contribution in [0.2, 0.25) is 0 Å². The number of nitrogens with two attached hydrogens (primary N) is 1. The summed E-state index contributed by atoms with van der Waals surface area (Å²) in [5.74, 6) is 1.44. The van der Waals surface area contributed by atoms with E-state index in [2.05, 4.69) is 19.9 Å². The molecule has 0 spiro atoms. The highest BCUT2D eigenvalue weighted by Crippen LogP contribution is 2.29. The molecule has 0 aliphatic heterocycles. The number of H-pyrrole nitrogens is 1. The summed E-state index contributed by atoms with van der Waals surface area (Å²) in [6, 6.07) is 8.04. The minimum absolute atomic E-state index is 0.503. The molecule has 0 atom stereocenters. The van der Waals surface area contributed by atoms with Gasteiger partial charge in [-0.25, -0.2) is 4.98 Å². The number of benzene rings is 1. The molecule has 0 bridgehead atoms. The summed E-state index contributed by atoms with van der Waals surface area (Å²) >= 11 is 1.68. The van der Waals surface area contributed by atoms with E-state index < -0.39 is 0 Å². The Morgan fingerprint density at radius 3 is 3.04 bits per heavy atom. The van der Waals surface area contributed by atoms with E-state index in [0.717, 1.165) is 64.9 Å². The molecule has 3 aromatic heterocycles.